The van der Waals surface area contributed by atoms with E-state index in [0.29, 0.717) is 56.3 Å². The van der Waals surface area contributed by atoms with Crippen molar-refractivity contribution in [2.75, 3.05) is 34.4 Å². The van der Waals surface area contributed by atoms with Crippen molar-refractivity contribution in [3.05, 3.63) is 66.0 Å². The van der Waals surface area contributed by atoms with Gasteiger partial charge in [-0.25, -0.2) is 9.59 Å². The Morgan fingerprint density at radius 2 is 1.24 bits per heavy atom. The number of methoxy groups -OCH3 is 2. The number of rotatable bonds is 4. The minimum atomic E-state index is -0.410. The number of Topliss-reactive ketones (excluding diaryl/α,β-unsaturated/α-hetero) is 1. The molecule has 4 aromatic rings. The molecule has 0 saturated carbocycles. The van der Waals surface area contributed by atoms with Crippen LogP contribution in [0, 0.1) is 0 Å². The molecule has 10 heteroatoms. The summed E-state index contributed by atoms with van der Waals surface area (Å²) in [4.78, 5) is 37.9. The molecule has 174 valence electrons. The molecule has 3 heterocycles. The van der Waals surface area contributed by atoms with E-state index >= 15 is 0 Å². The van der Waals surface area contributed by atoms with E-state index in [0.717, 1.165) is 33.8 Å². The number of ketones is 1. The highest BCUT2D eigenvalue weighted by Crippen LogP contribution is 2.33. The third-order valence-electron chi connectivity index (χ3n) is 5.43. The van der Waals surface area contributed by atoms with Gasteiger partial charge in [-0.05, 0) is 54.6 Å². The summed E-state index contributed by atoms with van der Waals surface area (Å²) < 4.78 is 22.5. The number of carbonyl (C=O) groups excluding carboxylic acids is 1. The number of ether oxygens (including phenoxy) is 2. The maximum Gasteiger partial charge on any atom is 0.396 e. The third-order valence-corrected chi connectivity index (χ3v) is 6.98. The summed E-state index contributed by atoms with van der Waals surface area (Å²) in [5.41, 5.74) is 3.50. The Labute approximate surface area is 200 Å². The molecular formula is C24H19NO7S2. The van der Waals surface area contributed by atoms with Crippen LogP contribution in [0.3, 0.4) is 0 Å². The molecule has 0 bridgehead atoms. The molecule has 1 saturated heterocycles. The van der Waals surface area contributed by atoms with Gasteiger partial charge in [-0.15, -0.1) is 0 Å². The molecule has 34 heavy (non-hydrogen) atoms. The molecule has 8 nitrogen and oxygen atoms in total. The maximum absolute atomic E-state index is 13.4. The van der Waals surface area contributed by atoms with Gasteiger partial charge in [0, 0.05) is 24.2 Å². The number of likely N-dealkylation sites (N-methyl/N-ethyl adjacent to an activating group) is 1. The predicted octanol–water partition coefficient (Wildman–Crippen LogP) is 4.02. The van der Waals surface area contributed by atoms with Crippen LogP contribution in [-0.4, -0.2) is 45.0 Å². The van der Waals surface area contributed by atoms with Gasteiger partial charge in [0.25, 0.3) is 0 Å². The summed E-state index contributed by atoms with van der Waals surface area (Å²) in [6.07, 6.45) is 3.62. The number of carbonyl (C=O) groups is 1. The second-order valence-electron chi connectivity index (χ2n) is 7.85. The van der Waals surface area contributed by atoms with Crippen LogP contribution in [-0.2, 0) is 4.79 Å². The van der Waals surface area contributed by atoms with E-state index in [1.807, 2.05) is 36.2 Å². The first kappa shape index (κ1) is 22.3. The molecule has 1 aliphatic rings. The van der Waals surface area contributed by atoms with Gasteiger partial charge in [0.1, 0.15) is 0 Å². The van der Waals surface area contributed by atoms with Gasteiger partial charge in [0.05, 0.1) is 23.6 Å². The van der Waals surface area contributed by atoms with E-state index in [9.17, 15) is 14.4 Å². The molecule has 0 spiro atoms. The van der Waals surface area contributed by atoms with Crippen molar-refractivity contribution in [1.29, 1.82) is 0 Å². The molecule has 1 fully saturated rings. The Morgan fingerprint density at radius 3 is 1.65 bits per heavy atom. The van der Waals surface area contributed by atoms with Gasteiger partial charge in [-0.1, -0.05) is 22.7 Å². The number of fused-ring (bicyclic) bond motifs is 2. The number of piperidine rings is 1. The van der Waals surface area contributed by atoms with Crippen LogP contribution in [0.5, 0.6) is 11.5 Å². The van der Waals surface area contributed by atoms with Gasteiger partial charge in [0.2, 0.25) is 0 Å². The van der Waals surface area contributed by atoms with Gasteiger partial charge < -0.3 is 18.3 Å². The first-order valence-electron chi connectivity index (χ1n) is 10.2. The van der Waals surface area contributed by atoms with E-state index in [-0.39, 0.29) is 5.78 Å². The van der Waals surface area contributed by atoms with Crippen molar-refractivity contribution in [3.63, 3.8) is 0 Å². The van der Waals surface area contributed by atoms with Crippen molar-refractivity contribution in [3.8, 4) is 11.5 Å². The quantitative estimate of drug-likeness (QED) is 0.390. The third kappa shape index (κ3) is 4.11. The molecule has 0 unspecified atom stereocenters. The smallest absolute Gasteiger partial charge is 0.396 e. The van der Waals surface area contributed by atoms with E-state index in [4.69, 9.17) is 18.3 Å². The summed E-state index contributed by atoms with van der Waals surface area (Å²) in [5.74, 6) is 0.807. The zero-order chi connectivity index (χ0) is 24.0. The van der Waals surface area contributed by atoms with E-state index in [2.05, 4.69) is 0 Å². The topological polar surface area (TPSA) is 99.2 Å². The Balaban J connectivity index is 1.55. The van der Waals surface area contributed by atoms with Crippen LogP contribution in [0.4, 0.5) is 0 Å². The normalized spacial score (nSPS) is 17.3. The highest BCUT2D eigenvalue weighted by atomic mass is 32.1. The highest BCUT2D eigenvalue weighted by molar-refractivity contribution is 7.16. The first-order chi connectivity index (χ1) is 16.3. The number of hydrogen-bond acceptors (Lipinski definition) is 10. The van der Waals surface area contributed by atoms with Crippen molar-refractivity contribution >= 4 is 61.2 Å². The maximum atomic E-state index is 13.4. The van der Waals surface area contributed by atoms with Crippen LogP contribution in [0.2, 0.25) is 0 Å². The number of nitrogens with zero attached hydrogens (tertiary/aromatic N) is 1. The van der Waals surface area contributed by atoms with Crippen LogP contribution >= 0.6 is 22.7 Å². The first-order valence-corrected chi connectivity index (χ1v) is 11.9. The Morgan fingerprint density at radius 1 is 0.794 bits per heavy atom. The second-order valence-corrected chi connectivity index (χ2v) is 9.80. The summed E-state index contributed by atoms with van der Waals surface area (Å²) >= 11 is 1.98. The molecule has 0 radical (unpaired) electrons. The molecular weight excluding hydrogens is 478 g/mol. The molecule has 0 aliphatic carbocycles. The zero-order valence-electron chi connectivity index (χ0n) is 18.5. The lowest BCUT2D eigenvalue weighted by atomic mass is 9.94. The van der Waals surface area contributed by atoms with Gasteiger partial charge in [0.15, 0.2) is 28.4 Å². The number of benzene rings is 2. The standard InChI is InChI=1S/C24H19NO7S2/c1-25-10-14(4-12-6-16(29-2)21-18(8-12)33-23(27)31-21)20(26)15(11-25)5-13-7-17(30-3)22-19(9-13)34-24(28)32-22/h4-9H,10-11H2,1-3H3. The highest BCUT2D eigenvalue weighted by Gasteiger charge is 2.24. The number of likely N-dealkylation sites (tertiary alicyclic amines) is 1. The van der Waals surface area contributed by atoms with E-state index < -0.39 is 9.88 Å². The largest absolute Gasteiger partial charge is 0.493 e. The van der Waals surface area contributed by atoms with Gasteiger partial charge >= 0.3 is 9.88 Å². The lowest BCUT2D eigenvalue weighted by molar-refractivity contribution is -0.113. The summed E-state index contributed by atoms with van der Waals surface area (Å²) in [6, 6.07) is 7.11. The summed E-state index contributed by atoms with van der Waals surface area (Å²) in [6.45, 7) is 0.952. The van der Waals surface area contributed by atoms with E-state index in [1.54, 1.807) is 12.1 Å². The van der Waals surface area contributed by atoms with Crippen molar-refractivity contribution in [2.45, 2.75) is 0 Å². The molecule has 0 N–H and O–H groups in total. The van der Waals surface area contributed by atoms with Crippen molar-refractivity contribution in [1.82, 2.24) is 4.90 Å². The monoisotopic (exact) mass is 497 g/mol. The Hall–Kier alpha value is -3.47. The number of hydrogen-bond donors (Lipinski definition) is 0. The van der Waals surface area contributed by atoms with Gasteiger partial charge in [-0.3, -0.25) is 9.69 Å². The second kappa shape index (κ2) is 8.71. The fourth-order valence-corrected chi connectivity index (χ4v) is 5.49. The fraction of sp³-hybridized carbons (Fsp3) is 0.208. The SMILES string of the molecule is COc1cc(C=C2CN(C)CC(=Cc3cc(OC)c4oc(=O)sc4c3)C2=O)cc2sc(=O)oc12. The average Bonchev–Trinajstić information content (AvgIpc) is 3.36. The fourth-order valence-electron chi connectivity index (χ4n) is 4.02. The minimum Gasteiger partial charge on any atom is -0.493 e. The van der Waals surface area contributed by atoms with E-state index in [1.165, 1.54) is 14.2 Å². The lowest BCUT2D eigenvalue weighted by Crippen LogP contribution is -2.34. The van der Waals surface area contributed by atoms with Crippen LogP contribution in [0.25, 0.3) is 32.7 Å². The average molecular weight is 498 g/mol. The van der Waals surface area contributed by atoms with Gasteiger partial charge in [-0.2, -0.15) is 0 Å². The van der Waals surface area contributed by atoms with Crippen molar-refractivity contribution < 1.29 is 23.1 Å². The Kier molecular flexibility index (Phi) is 5.72. The Bertz CT molecular complexity index is 1500. The molecule has 2 aromatic carbocycles. The molecule has 0 amide bonds. The van der Waals surface area contributed by atoms with Crippen LogP contribution < -0.4 is 19.4 Å². The van der Waals surface area contributed by atoms with Crippen LogP contribution in [0.1, 0.15) is 11.1 Å². The van der Waals surface area contributed by atoms with Crippen molar-refractivity contribution in [2.24, 2.45) is 0 Å². The lowest BCUT2D eigenvalue weighted by Gasteiger charge is -2.26. The molecule has 2 aromatic heterocycles. The minimum absolute atomic E-state index is 0.0722. The molecule has 0 atom stereocenters. The predicted molar refractivity (Wildman–Crippen MR) is 132 cm³/mol. The zero-order valence-corrected chi connectivity index (χ0v) is 20.1. The van der Waals surface area contributed by atoms with Crippen LogP contribution in [0.15, 0.2) is 53.8 Å². The summed E-state index contributed by atoms with van der Waals surface area (Å²) in [5, 5.41) is 0. The summed E-state index contributed by atoms with van der Waals surface area (Å²) in [7, 11) is 4.95. The molecule has 5 rings (SSSR count). The molecule has 1 aliphatic heterocycles.